The van der Waals surface area contributed by atoms with Gasteiger partial charge in [0.15, 0.2) is 0 Å². The highest BCUT2D eigenvalue weighted by Gasteiger charge is 2.60. The summed E-state index contributed by atoms with van der Waals surface area (Å²) >= 11 is 2.79. The summed E-state index contributed by atoms with van der Waals surface area (Å²) in [6.45, 7) is 6.56. The van der Waals surface area contributed by atoms with Crippen LogP contribution in [0.15, 0.2) is 12.3 Å². The van der Waals surface area contributed by atoms with Crippen LogP contribution in [0.5, 0.6) is 0 Å². The van der Waals surface area contributed by atoms with E-state index in [0.29, 0.717) is 0 Å². The van der Waals surface area contributed by atoms with E-state index < -0.39 is 41.3 Å². The first kappa shape index (κ1) is 22.1. The minimum atomic E-state index is -4.51. The summed E-state index contributed by atoms with van der Waals surface area (Å²) < 4.78 is 55.6. The van der Waals surface area contributed by atoms with E-state index >= 15 is 0 Å². The Labute approximate surface area is 152 Å². The lowest BCUT2D eigenvalue weighted by Crippen LogP contribution is -2.48. The lowest BCUT2D eigenvalue weighted by molar-refractivity contribution is -0.196. The highest BCUT2D eigenvalue weighted by Crippen LogP contribution is 2.48. The molecule has 0 saturated heterocycles. The maximum Gasteiger partial charge on any atom is 0.353 e. The molecule has 3 N–H and O–H groups in total. The topological polar surface area (TPSA) is 55.1 Å². The van der Waals surface area contributed by atoms with Crippen LogP contribution in [0.2, 0.25) is 0 Å². The average molecular weight is 384 g/mol. The van der Waals surface area contributed by atoms with E-state index in [2.05, 4.69) is 24.5 Å². The summed E-state index contributed by atoms with van der Waals surface area (Å²) in [5.74, 6) is -8.96. The normalized spacial score (nSPS) is 20.6. The number of rotatable bonds is 9. The maximum absolute atomic E-state index is 14.4. The molecule has 0 aromatic carbocycles. The Morgan fingerprint density at radius 3 is 2.20 bits per heavy atom. The van der Waals surface area contributed by atoms with E-state index in [4.69, 9.17) is 5.73 Å². The summed E-state index contributed by atoms with van der Waals surface area (Å²) in [6, 6.07) is 0.114. The van der Waals surface area contributed by atoms with Gasteiger partial charge in [-0.3, -0.25) is 4.79 Å². The van der Waals surface area contributed by atoms with E-state index in [1.54, 1.807) is 0 Å². The van der Waals surface area contributed by atoms with Crippen molar-refractivity contribution in [1.82, 2.24) is 5.32 Å². The highest BCUT2D eigenvalue weighted by atomic mass is 32.1. The zero-order chi connectivity index (χ0) is 19.4. The molecule has 3 unspecified atom stereocenters. The summed E-state index contributed by atoms with van der Waals surface area (Å²) in [5.41, 5.74) is 5.42. The van der Waals surface area contributed by atoms with Gasteiger partial charge in [0.2, 0.25) is 5.91 Å². The van der Waals surface area contributed by atoms with Crippen molar-refractivity contribution in [2.75, 3.05) is 0 Å². The van der Waals surface area contributed by atoms with Crippen molar-refractivity contribution < 1.29 is 22.4 Å². The molecule has 1 saturated carbocycles. The standard InChI is InChI=1S/C17H28F4N2OS/c1-10(15(22)24)9-14(16(18,19)17(20,21)25)11(2)12(3)23-13-7-5-4-6-8-13/h10-11,13-14,23,25H,3-9H2,1-2H3,(H2,22,24). The Morgan fingerprint density at radius 1 is 1.24 bits per heavy atom. The lowest BCUT2D eigenvalue weighted by atomic mass is 9.79. The SMILES string of the molecule is C=C(NC1CCCCC1)C(C)C(CC(C)C(N)=O)C(F)(F)C(F)(F)S. The molecule has 0 bridgehead atoms. The fourth-order valence-corrected chi connectivity index (χ4v) is 3.44. The molecule has 1 aliphatic carbocycles. The molecule has 0 aliphatic heterocycles. The average Bonchev–Trinajstić information content (AvgIpc) is 2.51. The van der Waals surface area contributed by atoms with E-state index in [9.17, 15) is 22.4 Å². The van der Waals surface area contributed by atoms with Gasteiger partial charge in [-0.15, -0.1) is 0 Å². The molecular weight excluding hydrogens is 356 g/mol. The largest absolute Gasteiger partial charge is 0.386 e. The third-order valence-electron chi connectivity index (χ3n) is 5.11. The first-order valence-corrected chi connectivity index (χ1v) is 9.05. The van der Waals surface area contributed by atoms with Gasteiger partial charge in [0.25, 0.3) is 0 Å². The Kier molecular flexibility index (Phi) is 7.65. The van der Waals surface area contributed by atoms with Gasteiger partial charge in [-0.1, -0.05) is 52.3 Å². The highest BCUT2D eigenvalue weighted by molar-refractivity contribution is 7.81. The monoisotopic (exact) mass is 384 g/mol. The molecule has 0 aromatic rings. The number of alkyl halides is 4. The summed E-state index contributed by atoms with van der Waals surface area (Å²) in [7, 11) is 0. The Bertz CT molecular complexity index is 476. The van der Waals surface area contributed by atoms with Crippen LogP contribution in [0.25, 0.3) is 0 Å². The van der Waals surface area contributed by atoms with E-state index in [0.717, 1.165) is 32.1 Å². The van der Waals surface area contributed by atoms with E-state index in [1.165, 1.54) is 13.8 Å². The van der Waals surface area contributed by atoms with Crippen LogP contribution < -0.4 is 11.1 Å². The number of thiol groups is 1. The number of primary amides is 1. The molecule has 0 spiro atoms. The number of nitrogens with one attached hydrogen (secondary N) is 1. The minimum Gasteiger partial charge on any atom is -0.386 e. The van der Waals surface area contributed by atoms with Crippen molar-refractivity contribution in [3.05, 3.63) is 12.3 Å². The number of carbonyl (C=O) groups is 1. The molecule has 1 aliphatic rings. The number of nitrogens with two attached hydrogens (primary N) is 1. The lowest BCUT2D eigenvalue weighted by Gasteiger charge is -2.37. The second kappa shape index (κ2) is 8.64. The minimum absolute atomic E-state index is 0.114. The van der Waals surface area contributed by atoms with Gasteiger partial charge in [-0.25, -0.2) is 0 Å². The molecule has 1 fully saturated rings. The number of carbonyl (C=O) groups excluding carboxylic acids is 1. The van der Waals surface area contributed by atoms with Gasteiger partial charge in [0.05, 0.1) is 0 Å². The molecular formula is C17H28F4N2OS. The van der Waals surface area contributed by atoms with Crippen molar-refractivity contribution in [1.29, 1.82) is 0 Å². The van der Waals surface area contributed by atoms with E-state index in [1.807, 2.05) is 0 Å². The Morgan fingerprint density at radius 2 is 1.76 bits per heavy atom. The maximum atomic E-state index is 14.4. The Hall–Kier alpha value is -0.920. The predicted octanol–water partition coefficient (Wildman–Crippen LogP) is 4.34. The first-order valence-electron chi connectivity index (χ1n) is 8.60. The molecule has 1 amide bonds. The zero-order valence-corrected chi connectivity index (χ0v) is 15.6. The quantitative estimate of drug-likeness (QED) is 0.409. The van der Waals surface area contributed by atoms with Crippen molar-refractivity contribution in [2.24, 2.45) is 23.5 Å². The number of allylic oxidation sites excluding steroid dienone is 1. The van der Waals surface area contributed by atoms with Gasteiger partial charge >= 0.3 is 11.2 Å². The molecule has 0 aromatic heterocycles. The first-order chi connectivity index (χ1) is 11.4. The number of halogens is 4. The van der Waals surface area contributed by atoms with Crippen LogP contribution >= 0.6 is 12.6 Å². The molecule has 25 heavy (non-hydrogen) atoms. The zero-order valence-electron chi connectivity index (χ0n) is 14.7. The summed E-state index contributed by atoms with van der Waals surface area (Å²) in [4.78, 5) is 11.3. The van der Waals surface area contributed by atoms with Gasteiger partial charge in [0.1, 0.15) is 0 Å². The smallest absolute Gasteiger partial charge is 0.353 e. The second-order valence-electron chi connectivity index (χ2n) is 7.10. The molecule has 0 heterocycles. The Balaban J connectivity index is 2.96. The number of hydrogen-bond acceptors (Lipinski definition) is 3. The van der Waals surface area contributed by atoms with Gasteiger partial charge < -0.3 is 11.1 Å². The second-order valence-corrected chi connectivity index (χ2v) is 7.66. The van der Waals surface area contributed by atoms with Crippen molar-refractivity contribution in [3.8, 4) is 0 Å². The third kappa shape index (κ3) is 5.79. The number of amides is 1. The van der Waals surface area contributed by atoms with Gasteiger partial charge in [-0.2, -0.15) is 17.6 Å². The summed E-state index contributed by atoms with van der Waals surface area (Å²) in [5, 5.41) is -1.39. The molecule has 1 rings (SSSR count). The fraction of sp³-hybridized carbons (Fsp3) is 0.824. The van der Waals surface area contributed by atoms with Gasteiger partial charge in [-0.05, 0) is 19.3 Å². The van der Waals surface area contributed by atoms with Gasteiger partial charge in [0, 0.05) is 29.5 Å². The van der Waals surface area contributed by atoms with Crippen LogP contribution in [-0.4, -0.2) is 23.1 Å². The van der Waals surface area contributed by atoms with Crippen LogP contribution in [0.3, 0.4) is 0 Å². The third-order valence-corrected chi connectivity index (χ3v) is 5.41. The molecule has 146 valence electrons. The fourth-order valence-electron chi connectivity index (χ4n) is 3.27. The van der Waals surface area contributed by atoms with Crippen LogP contribution in [0, 0.1) is 17.8 Å². The van der Waals surface area contributed by atoms with Crippen LogP contribution in [-0.2, 0) is 4.79 Å². The van der Waals surface area contributed by atoms with Crippen molar-refractivity contribution in [3.63, 3.8) is 0 Å². The summed E-state index contributed by atoms with van der Waals surface area (Å²) in [6.07, 6.45) is 4.52. The molecule has 0 radical (unpaired) electrons. The predicted molar refractivity (Wildman–Crippen MR) is 93.7 cm³/mol. The number of hydrogen-bond donors (Lipinski definition) is 3. The molecule has 8 heteroatoms. The van der Waals surface area contributed by atoms with Crippen LogP contribution in [0.1, 0.15) is 52.4 Å². The van der Waals surface area contributed by atoms with Crippen LogP contribution in [0.4, 0.5) is 17.6 Å². The molecule has 3 atom stereocenters. The molecule has 3 nitrogen and oxygen atoms in total. The van der Waals surface area contributed by atoms with Crippen molar-refractivity contribution in [2.45, 2.75) is 69.6 Å². The van der Waals surface area contributed by atoms with E-state index in [-0.39, 0.29) is 11.7 Å². The van der Waals surface area contributed by atoms with Crippen molar-refractivity contribution >= 4 is 18.5 Å².